The molecular weight excluding hydrogens is 225 g/mol. The van der Waals surface area contributed by atoms with Crippen molar-refractivity contribution in [2.24, 2.45) is 0 Å². The first-order chi connectivity index (χ1) is 7.40. The number of ether oxygens (including phenoxy) is 1. The zero-order valence-corrected chi connectivity index (χ0v) is 7.71. The van der Waals surface area contributed by atoms with Crippen LogP contribution in [-0.4, -0.2) is 12.3 Å². The number of benzene rings is 1. The molecule has 4 nitrogen and oxygen atoms in total. The number of anilines is 1. The van der Waals surface area contributed by atoms with Gasteiger partial charge in [-0.25, -0.2) is 0 Å². The minimum atomic E-state index is -4.75. The maximum atomic E-state index is 11.8. The molecular formula is C9H5F3N2O2. The van der Waals surface area contributed by atoms with Gasteiger partial charge >= 0.3 is 12.3 Å². The van der Waals surface area contributed by atoms with Crippen molar-refractivity contribution in [3.05, 3.63) is 24.3 Å². The fraction of sp³-hybridized carbons (Fsp3) is 0.111. The number of carbonyl (C=O) groups is 1. The molecule has 7 heteroatoms. The van der Waals surface area contributed by atoms with E-state index in [2.05, 4.69) is 10.1 Å². The lowest BCUT2D eigenvalue weighted by Gasteiger charge is -2.08. The Morgan fingerprint density at radius 1 is 1.31 bits per heavy atom. The highest BCUT2D eigenvalue weighted by Crippen LogP contribution is 2.23. The molecule has 0 unspecified atom stereocenters. The van der Waals surface area contributed by atoms with Crippen LogP contribution < -0.4 is 10.1 Å². The van der Waals surface area contributed by atoms with Gasteiger partial charge < -0.3 is 10.1 Å². The van der Waals surface area contributed by atoms with Crippen LogP contribution in [-0.2, 0) is 4.79 Å². The second kappa shape index (κ2) is 4.53. The van der Waals surface area contributed by atoms with E-state index in [1.165, 1.54) is 18.2 Å². The number of nitrogens with one attached hydrogen (secondary N) is 1. The van der Waals surface area contributed by atoms with Gasteiger partial charge in [0.1, 0.15) is 5.75 Å². The maximum absolute atomic E-state index is 11.8. The Bertz CT molecular complexity index is 420. The Kier molecular flexibility index (Phi) is 3.35. The molecule has 1 rings (SSSR count). The molecule has 0 saturated carbocycles. The average Bonchev–Trinajstić information content (AvgIpc) is 2.18. The van der Waals surface area contributed by atoms with Crippen molar-refractivity contribution < 1.29 is 22.7 Å². The molecule has 1 aromatic carbocycles. The third-order valence-electron chi connectivity index (χ3n) is 1.45. The van der Waals surface area contributed by atoms with Crippen molar-refractivity contribution >= 4 is 11.6 Å². The van der Waals surface area contributed by atoms with Gasteiger partial charge in [0, 0.05) is 5.69 Å². The molecule has 0 radical (unpaired) electrons. The van der Waals surface area contributed by atoms with Crippen LogP contribution >= 0.6 is 0 Å². The number of amides is 1. The van der Waals surface area contributed by atoms with E-state index in [1.807, 2.05) is 0 Å². The Morgan fingerprint density at radius 2 is 1.88 bits per heavy atom. The van der Waals surface area contributed by atoms with Crippen LogP contribution in [0.1, 0.15) is 0 Å². The standard InChI is InChI=1S/C9H5F3N2O2/c10-9(11,12)16-7-3-1-6(2-4-7)14-8(15)5-13/h1-4H,(H,14,15). The van der Waals surface area contributed by atoms with E-state index in [1.54, 1.807) is 0 Å². The second-order valence-electron chi connectivity index (χ2n) is 2.64. The lowest BCUT2D eigenvalue weighted by molar-refractivity contribution is -0.274. The van der Waals surface area contributed by atoms with Crippen molar-refractivity contribution in [1.29, 1.82) is 5.26 Å². The van der Waals surface area contributed by atoms with Crippen molar-refractivity contribution in [2.75, 3.05) is 5.32 Å². The summed E-state index contributed by atoms with van der Waals surface area (Å²) in [6.45, 7) is 0. The molecule has 0 atom stereocenters. The summed E-state index contributed by atoms with van der Waals surface area (Å²) in [5.41, 5.74) is 0.209. The summed E-state index contributed by atoms with van der Waals surface area (Å²) in [5, 5.41) is 10.3. The van der Waals surface area contributed by atoms with Crippen LogP contribution in [0.15, 0.2) is 24.3 Å². The average molecular weight is 230 g/mol. The van der Waals surface area contributed by atoms with Crippen LogP contribution in [0, 0.1) is 11.3 Å². The quantitative estimate of drug-likeness (QED) is 0.791. The van der Waals surface area contributed by atoms with Gasteiger partial charge in [-0.2, -0.15) is 5.26 Å². The lowest BCUT2D eigenvalue weighted by atomic mass is 10.3. The Labute approximate surface area is 88.2 Å². The minimum Gasteiger partial charge on any atom is -0.406 e. The number of rotatable bonds is 2. The predicted molar refractivity (Wildman–Crippen MR) is 47.4 cm³/mol. The highest BCUT2D eigenvalue weighted by Gasteiger charge is 2.30. The first-order valence-corrected chi connectivity index (χ1v) is 3.97. The molecule has 16 heavy (non-hydrogen) atoms. The zero-order valence-electron chi connectivity index (χ0n) is 7.71. The van der Waals surface area contributed by atoms with Gasteiger partial charge in [-0.3, -0.25) is 4.79 Å². The lowest BCUT2D eigenvalue weighted by Crippen LogP contribution is -2.17. The molecule has 0 heterocycles. The van der Waals surface area contributed by atoms with Crippen molar-refractivity contribution in [3.63, 3.8) is 0 Å². The molecule has 1 amide bonds. The number of hydrogen-bond acceptors (Lipinski definition) is 3. The van der Waals surface area contributed by atoms with Crippen molar-refractivity contribution in [2.45, 2.75) is 6.36 Å². The Balaban J connectivity index is 2.69. The van der Waals surface area contributed by atoms with Crippen LogP contribution in [0.2, 0.25) is 0 Å². The fourth-order valence-electron chi connectivity index (χ4n) is 0.899. The smallest absolute Gasteiger partial charge is 0.406 e. The molecule has 0 aromatic heterocycles. The number of nitriles is 1. The highest BCUT2D eigenvalue weighted by molar-refractivity contribution is 6.02. The summed E-state index contributed by atoms with van der Waals surface area (Å²) < 4.78 is 38.9. The van der Waals surface area contributed by atoms with Gasteiger partial charge in [-0.1, -0.05) is 0 Å². The maximum Gasteiger partial charge on any atom is 0.573 e. The molecule has 0 aliphatic rings. The molecule has 0 spiro atoms. The molecule has 0 aliphatic heterocycles. The van der Waals surface area contributed by atoms with E-state index in [4.69, 9.17) is 5.26 Å². The molecule has 1 aromatic rings. The van der Waals surface area contributed by atoms with E-state index in [9.17, 15) is 18.0 Å². The third kappa shape index (κ3) is 3.88. The van der Waals surface area contributed by atoms with E-state index < -0.39 is 18.0 Å². The van der Waals surface area contributed by atoms with Crippen LogP contribution in [0.25, 0.3) is 0 Å². The van der Waals surface area contributed by atoms with Gasteiger partial charge in [0.15, 0.2) is 6.07 Å². The first kappa shape index (κ1) is 11.8. The molecule has 84 valence electrons. The normalized spacial score (nSPS) is 10.4. The van der Waals surface area contributed by atoms with Gasteiger partial charge in [0.2, 0.25) is 0 Å². The van der Waals surface area contributed by atoms with Gasteiger partial charge in [0.05, 0.1) is 0 Å². The van der Waals surface area contributed by atoms with E-state index >= 15 is 0 Å². The predicted octanol–water partition coefficient (Wildman–Crippen LogP) is 2.05. The first-order valence-electron chi connectivity index (χ1n) is 3.97. The molecule has 0 fully saturated rings. The van der Waals surface area contributed by atoms with Gasteiger partial charge in [-0.05, 0) is 24.3 Å². The van der Waals surface area contributed by atoms with Crippen LogP contribution in [0.4, 0.5) is 18.9 Å². The second-order valence-corrected chi connectivity index (χ2v) is 2.64. The number of alkyl halides is 3. The van der Waals surface area contributed by atoms with Crippen molar-refractivity contribution in [3.8, 4) is 11.8 Å². The number of halogens is 3. The Morgan fingerprint density at radius 3 is 2.31 bits per heavy atom. The summed E-state index contributed by atoms with van der Waals surface area (Å²) in [6, 6.07) is 5.74. The summed E-state index contributed by atoms with van der Waals surface area (Å²) in [5.74, 6) is -1.30. The zero-order chi connectivity index (χ0) is 12.2. The van der Waals surface area contributed by atoms with Crippen LogP contribution in [0.5, 0.6) is 5.75 Å². The topological polar surface area (TPSA) is 62.1 Å². The summed E-state index contributed by atoms with van der Waals surface area (Å²) in [7, 11) is 0. The van der Waals surface area contributed by atoms with Crippen molar-refractivity contribution in [1.82, 2.24) is 0 Å². The summed E-state index contributed by atoms with van der Waals surface area (Å²) >= 11 is 0. The number of nitrogens with zero attached hydrogens (tertiary/aromatic N) is 1. The monoisotopic (exact) mass is 230 g/mol. The fourth-order valence-corrected chi connectivity index (χ4v) is 0.899. The molecule has 0 saturated heterocycles. The number of hydrogen-bond donors (Lipinski definition) is 1. The Hall–Kier alpha value is -2.23. The SMILES string of the molecule is N#CC(=O)Nc1ccc(OC(F)(F)F)cc1. The molecule has 0 bridgehead atoms. The highest BCUT2D eigenvalue weighted by atomic mass is 19.4. The van der Waals surface area contributed by atoms with Gasteiger partial charge in [-0.15, -0.1) is 13.2 Å². The minimum absolute atomic E-state index is 0.209. The van der Waals surface area contributed by atoms with Crippen LogP contribution in [0.3, 0.4) is 0 Å². The summed E-state index contributed by atoms with van der Waals surface area (Å²) in [6.07, 6.45) is -4.75. The van der Waals surface area contributed by atoms with E-state index in [-0.39, 0.29) is 5.69 Å². The largest absolute Gasteiger partial charge is 0.573 e. The van der Waals surface area contributed by atoms with E-state index in [0.717, 1.165) is 12.1 Å². The van der Waals surface area contributed by atoms with E-state index in [0.29, 0.717) is 0 Å². The third-order valence-corrected chi connectivity index (χ3v) is 1.45. The molecule has 0 aliphatic carbocycles. The molecule has 1 N–H and O–H groups in total. The van der Waals surface area contributed by atoms with Gasteiger partial charge in [0.25, 0.3) is 0 Å². The summed E-state index contributed by atoms with van der Waals surface area (Å²) in [4.78, 5) is 10.6. The number of carbonyl (C=O) groups excluding carboxylic acids is 1.